The predicted octanol–water partition coefficient (Wildman–Crippen LogP) is 3.31. The third kappa shape index (κ3) is 5.00. The third-order valence-corrected chi connectivity index (χ3v) is 7.27. The maximum Gasteiger partial charge on any atom is 0.173 e. The Labute approximate surface area is 191 Å². The Kier molecular flexibility index (Phi) is 7.97. The van der Waals surface area contributed by atoms with Crippen molar-refractivity contribution in [2.75, 3.05) is 20.3 Å². The molecule has 3 heterocycles. The van der Waals surface area contributed by atoms with Gasteiger partial charge < -0.3 is 15.0 Å². The fourth-order valence-corrected chi connectivity index (χ4v) is 4.81. The Morgan fingerprint density at radius 3 is 2.62 bits per heavy atom. The summed E-state index contributed by atoms with van der Waals surface area (Å²) in [6.45, 7) is 9.18. The van der Waals surface area contributed by atoms with Crippen LogP contribution in [0.25, 0.3) is 11.0 Å². The van der Waals surface area contributed by atoms with Gasteiger partial charge in [0.2, 0.25) is 0 Å². The Hall–Kier alpha value is -2.36. The molecule has 1 aliphatic heterocycles. The van der Waals surface area contributed by atoms with Crippen LogP contribution in [0.4, 0.5) is 0 Å². The smallest absolute Gasteiger partial charge is 0.173 e. The largest absolute Gasteiger partial charge is 0.381 e. The zero-order valence-corrected chi connectivity index (χ0v) is 20.1. The number of benzene rings is 1. The SMILES string of the molecule is CCC(C)(C)c1nc2cc(S(=O)n3cc(C=O)cn3)ccc2n1CC1CCOCC1.CN. The number of fused-ring (bicyclic) bond motifs is 1. The molecule has 1 aliphatic rings. The summed E-state index contributed by atoms with van der Waals surface area (Å²) in [4.78, 5) is 16.5. The van der Waals surface area contributed by atoms with Gasteiger partial charge in [0.25, 0.3) is 0 Å². The molecular formula is C23H33N5O3S. The number of hydrogen-bond acceptors (Lipinski definition) is 6. The highest BCUT2D eigenvalue weighted by Crippen LogP contribution is 2.32. The van der Waals surface area contributed by atoms with E-state index in [0.717, 1.165) is 55.9 Å². The normalized spacial score (nSPS) is 15.9. The first-order valence-corrected chi connectivity index (χ1v) is 12.1. The monoisotopic (exact) mass is 459 g/mol. The lowest BCUT2D eigenvalue weighted by Crippen LogP contribution is -2.26. The van der Waals surface area contributed by atoms with Crippen LogP contribution in [0.3, 0.4) is 0 Å². The van der Waals surface area contributed by atoms with Crippen molar-refractivity contribution in [1.82, 2.24) is 18.7 Å². The second-order valence-corrected chi connectivity index (χ2v) is 9.88. The molecule has 174 valence electrons. The van der Waals surface area contributed by atoms with Crippen LogP contribution in [-0.2, 0) is 27.7 Å². The first-order chi connectivity index (χ1) is 15.4. The van der Waals surface area contributed by atoms with Crippen LogP contribution in [0, 0.1) is 5.92 Å². The van der Waals surface area contributed by atoms with Crippen molar-refractivity contribution in [3.8, 4) is 0 Å². The van der Waals surface area contributed by atoms with Gasteiger partial charge in [0.1, 0.15) is 5.82 Å². The quantitative estimate of drug-likeness (QED) is 0.544. The summed E-state index contributed by atoms with van der Waals surface area (Å²) in [5, 5.41) is 4.04. The first kappa shape index (κ1) is 24.3. The molecule has 3 aromatic rings. The molecule has 0 spiro atoms. The fourth-order valence-electron chi connectivity index (χ4n) is 3.84. The molecule has 2 N–H and O–H groups in total. The van der Waals surface area contributed by atoms with E-state index in [-0.39, 0.29) is 5.41 Å². The van der Waals surface area contributed by atoms with Gasteiger partial charge in [-0.05, 0) is 50.4 Å². The van der Waals surface area contributed by atoms with Gasteiger partial charge in [-0.2, -0.15) is 9.19 Å². The lowest BCUT2D eigenvalue weighted by molar-refractivity contribution is 0.0611. The van der Waals surface area contributed by atoms with Crippen molar-refractivity contribution in [1.29, 1.82) is 0 Å². The molecule has 1 saturated heterocycles. The van der Waals surface area contributed by atoms with Crippen molar-refractivity contribution in [3.63, 3.8) is 0 Å². The van der Waals surface area contributed by atoms with E-state index < -0.39 is 11.0 Å². The van der Waals surface area contributed by atoms with Crippen LogP contribution >= 0.6 is 0 Å². The van der Waals surface area contributed by atoms with Crippen molar-refractivity contribution < 1.29 is 13.7 Å². The number of carbonyl (C=O) groups excluding carboxylic acids is 1. The molecule has 4 rings (SSSR count). The van der Waals surface area contributed by atoms with E-state index in [0.29, 0.717) is 22.7 Å². The maximum atomic E-state index is 12.9. The summed E-state index contributed by atoms with van der Waals surface area (Å²) < 4.78 is 22.1. The minimum absolute atomic E-state index is 0.0651. The van der Waals surface area contributed by atoms with Crippen LogP contribution in [-0.4, -0.2) is 49.5 Å². The van der Waals surface area contributed by atoms with Crippen molar-refractivity contribution >= 4 is 28.3 Å². The van der Waals surface area contributed by atoms with Crippen LogP contribution in [0.15, 0.2) is 35.5 Å². The third-order valence-electron chi connectivity index (χ3n) is 6.08. The molecule has 0 amide bonds. The topological polar surface area (TPSA) is 105 Å². The Morgan fingerprint density at radius 1 is 1.28 bits per heavy atom. The molecular weight excluding hydrogens is 426 g/mol. The zero-order valence-electron chi connectivity index (χ0n) is 19.3. The first-order valence-electron chi connectivity index (χ1n) is 11.0. The van der Waals surface area contributed by atoms with Gasteiger partial charge in [0.05, 0.1) is 33.9 Å². The Bertz CT molecular complexity index is 1080. The van der Waals surface area contributed by atoms with E-state index in [9.17, 15) is 9.00 Å². The number of aldehydes is 1. The molecule has 9 heteroatoms. The Morgan fingerprint density at radius 2 is 2.00 bits per heavy atom. The van der Waals surface area contributed by atoms with Crippen molar-refractivity contribution in [2.45, 2.75) is 56.9 Å². The highest BCUT2D eigenvalue weighted by atomic mass is 32.2. The number of imidazole rings is 1. The average Bonchev–Trinajstić information content (AvgIpc) is 3.46. The minimum atomic E-state index is -1.53. The molecule has 1 atom stereocenters. The molecule has 1 fully saturated rings. The van der Waals surface area contributed by atoms with Gasteiger partial charge in [-0.15, -0.1) is 0 Å². The van der Waals surface area contributed by atoms with Crippen molar-refractivity contribution in [3.05, 3.63) is 42.0 Å². The number of carbonyl (C=O) groups is 1. The van der Waals surface area contributed by atoms with Gasteiger partial charge in [-0.1, -0.05) is 20.8 Å². The highest BCUT2D eigenvalue weighted by molar-refractivity contribution is 7.83. The number of nitrogens with zero attached hydrogens (tertiary/aromatic N) is 4. The molecule has 1 aromatic carbocycles. The minimum Gasteiger partial charge on any atom is -0.381 e. The molecule has 32 heavy (non-hydrogen) atoms. The summed E-state index contributed by atoms with van der Waals surface area (Å²) in [6, 6.07) is 5.75. The molecule has 0 bridgehead atoms. The van der Waals surface area contributed by atoms with E-state index in [1.807, 2.05) is 18.2 Å². The molecule has 0 aliphatic carbocycles. The second-order valence-electron chi connectivity index (χ2n) is 8.53. The molecule has 0 saturated carbocycles. The van der Waals surface area contributed by atoms with Crippen LogP contribution < -0.4 is 5.73 Å². The van der Waals surface area contributed by atoms with Gasteiger partial charge in [0.15, 0.2) is 17.3 Å². The number of nitrogens with two attached hydrogens (primary N) is 1. The van der Waals surface area contributed by atoms with Gasteiger partial charge >= 0.3 is 0 Å². The molecule has 1 unspecified atom stereocenters. The Balaban J connectivity index is 0.00000141. The summed E-state index contributed by atoms with van der Waals surface area (Å²) in [7, 11) is -0.0292. The van der Waals surface area contributed by atoms with E-state index >= 15 is 0 Å². The summed E-state index contributed by atoms with van der Waals surface area (Å²) in [5.74, 6) is 1.64. The van der Waals surface area contributed by atoms with Crippen LogP contribution in [0.1, 0.15) is 56.2 Å². The number of ether oxygens (including phenoxy) is 1. The highest BCUT2D eigenvalue weighted by Gasteiger charge is 2.28. The lowest BCUT2D eigenvalue weighted by Gasteiger charge is -2.28. The summed E-state index contributed by atoms with van der Waals surface area (Å²) >= 11 is 0. The maximum absolute atomic E-state index is 12.9. The van der Waals surface area contributed by atoms with E-state index in [1.165, 1.54) is 23.5 Å². The van der Waals surface area contributed by atoms with Crippen LogP contribution in [0.2, 0.25) is 0 Å². The fraction of sp³-hybridized carbons (Fsp3) is 0.522. The predicted molar refractivity (Wildman–Crippen MR) is 126 cm³/mol. The van der Waals surface area contributed by atoms with Crippen molar-refractivity contribution in [2.24, 2.45) is 11.7 Å². The molecule has 2 aromatic heterocycles. The molecule has 0 radical (unpaired) electrons. The number of hydrogen-bond donors (Lipinski definition) is 1. The standard InChI is InChI=1S/C22H28N4O3S.CH5N/c1-4-22(2,3)21-24-19-11-18(30(28)26-14-17(15-27)12-23-26)5-6-20(19)25(21)13-16-7-9-29-10-8-16;1-2/h5-6,11-12,14-16H,4,7-10,13H2,1-3H3;2H2,1H3. The summed E-state index contributed by atoms with van der Waals surface area (Å²) in [6.07, 6.45) is 6.69. The summed E-state index contributed by atoms with van der Waals surface area (Å²) in [5.41, 5.74) is 6.74. The average molecular weight is 460 g/mol. The lowest BCUT2D eigenvalue weighted by atomic mass is 9.89. The van der Waals surface area contributed by atoms with Crippen LogP contribution in [0.5, 0.6) is 0 Å². The number of aromatic nitrogens is 4. The van der Waals surface area contributed by atoms with Gasteiger partial charge in [0, 0.05) is 25.2 Å². The molecule has 8 nitrogen and oxygen atoms in total. The van der Waals surface area contributed by atoms with Gasteiger partial charge in [-0.3, -0.25) is 4.79 Å². The van der Waals surface area contributed by atoms with E-state index in [1.54, 1.807) is 0 Å². The number of rotatable bonds is 7. The second kappa shape index (κ2) is 10.5. The zero-order chi connectivity index (χ0) is 23.3. The van der Waals surface area contributed by atoms with E-state index in [2.05, 4.69) is 36.2 Å². The van der Waals surface area contributed by atoms with Gasteiger partial charge in [-0.25, -0.2) is 9.19 Å². The van der Waals surface area contributed by atoms with E-state index in [4.69, 9.17) is 9.72 Å².